The molecule has 0 aromatic heterocycles. The van der Waals surface area contributed by atoms with Gasteiger partial charge in [0, 0.05) is 31.6 Å². The van der Waals surface area contributed by atoms with Gasteiger partial charge in [-0.3, -0.25) is 14.9 Å². The van der Waals surface area contributed by atoms with Gasteiger partial charge in [-0.2, -0.15) is 5.26 Å². The zero-order valence-corrected chi connectivity index (χ0v) is 13.1. The topological polar surface area (TPSA) is 99.3 Å². The third kappa shape index (κ3) is 3.97. The molecule has 0 aliphatic carbocycles. The summed E-state index contributed by atoms with van der Waals surface area (Å²) in [4.78, 5) is 24.6. The van der Waals surface area contributed by atoms with Crippen molar-refractivity contribution in [2.24, 2.45) is 5.92 Å². The predicted octanol–water partition coefficient (Wildman–Crippen LogP) is 2.21. The van der Waals surface area contributed by atoms with E-state index in [9.17, 15) is 14.9 Å². The summed E-state index contributed by atoms with van der Waals surface area (Å²) in [6.07, 6.45) is 2.21. The Morgan fingerprint density at radius 2 is 2.17 bits per heavy atom. The number of rotatable bonds is 5. The average Bonchev–Trinajstić information content (AvgIpc) is 2.59. The summed E-state index contributed by atoms with van der Waals surface area (Å²) in [5, 5.41) is 23.1. The van der Waals surface area contributed by atoms with Gasteiger partial charge < -0.3 is 10.2 Å². The lowest BCUT2D eigenvalue weighted by Gasteiger charge is -2.32. The van der Waals surface area contributed by atoms with Gasteiger partial charge in [0.2, 0.25) is 5.91 Å². The van der Waals surface area contributed by atoms with Crippen LogP contribution in [0.25, 0.3) is 0 Å². The SMILES string of the molecule is CCCNC(=O)C1CCN(c2cc(C#N)ccc2[N+](=O)[O-])CC1. The third-order valence-corrected chi connectivity index (χ3v) is 4.06. The fourth-order valence-corrected chi connectivity index (χ4v) is 2.78. The quantitative estimate of drug-likeness (QED) is 0.663. The Kier molecular flexibility index (Phi) is 5.52. The highest BCUT2D eigenvalue weighted by molar-refractivity contribution is 5.79. The largest absolute Gasteiger partial charge is 0.366 e. The van der Waals surface area contributed by atoms with Crippen molar-refractivity contribution in [1.82, 2.24) is 5.32 Å². The number of hydrogen-bond acceptors (Lipinski definition) is 5. The molecule has 1 saturated heterocycles. The maximum atomic E-state index is 12.0. The van der Waals surface area contributed by atoms with Crippen molar-refractivity contribution in [2.45, 2.75) is 26.2 Å². The molecule has 23 heavy (non-hydrogen) atoms. The summed E-state index contributed by atoms with van der Waals surface area (Å²) in [5.41, 5.74) is 0.854. The number of carbonyl (C=O) groups is 1. The first kappa shape index (κ1) is 16.7. The number of piperidine rings is 1. The smallest absolute Gasteiger partial charge is 0.292 e. The van der Waals surface area contributed by atoms with Crippen LogP contribution in [-0.2, 0) is 4.79 Å². The monoisotopic (exact) mass is 316 g/mol. The summed E-state index contributed by atoms with van der Waals surface area (Å²) in [6.45, 7) is 3.82. The highest BCUT2D eigenvalue weighted by Crippen LogP contribution is 2.32. The summed E-state index contributed by atoms with van der Waals surface area (Å²) in [6, 6.07) is 6.38. The number of nitro benzene ring substituents is 1. The second-order valence-electron chi connectivity index (χ2n) is 5.62. The molecule has 0 atom stereocenters. The Morgan fingerprint density at radius 1 is 1.48 bits per heavy atom. The zero-order valence-electron chi connectivity index (χ0n) is 13.1. The lowest BCUT2D eigenvalue weighted by Crippen LogP contribution is -2.41. The lowest BCUT2D eigenvalue weighted by atomic mass is 9.95. The summed E-state index contributed by atoms with van der Waals surface area (Å²) < 4.78 is 0. The Hall–Kier alpha value is -2.62. The molecule has 7 heteroatoms. The molecule has 2 rings (SSSR count). The molecule has 0 unspecified atom stereocenters. The molecular formula is C16H20N4O3. The molecule has 1 heterocycles. The van der Waals surface area contributed by atoms with Crippen molar-refractivity contribution in [2.75, 3.05) is 24.5 Å². The van der Waals surface area contributed by atoms with E-state index in [1.54, 1.807) is 6.07 Å². The van der Waals surface area contributed by atoms with Crippen molar-refractivity contribution in [3.63, 3.8) is 0 Å². The molecule has 1 aliphatic heterocycles. The Balaban J connectivity index is 2.09. The highest BCUT2D eigenvalue weighted by atomic mass is 16.6. The fourth-order valence-electron chi connectivity index (χ4n) is 2.78. The van der Waals surface area contributed by atoms with E-state index in [-0.39, 0.29) is 17.5 Å². The Bertz CT molecular complexity index is 631. The summed E-state index contributed by atoms with van der Waals surface area (Å²) >= 11 is 0. The minimum atomic E-state index is -0.434. The molecule has 1 aromatic rings. The van der Waals surface area contributed by atoms with E-state index in [2.05, 4.69) is 5.32 Å². The number of nitro groups is 1. The number of carbonyl (C=O) groups excluding carboxylic acids is 1. The van der Waals surface area contributed by atoms with Crippen LogP contribution in [0.2, 0.25) is 0 Å². The third-order valence-electron chi connectivity index (χ3n) is 4.06. The number of nitrogens with one attached hydrogen (secondary N) is 1. The first-order valence-electron chi connectivity index (χ1n) is 7.78. The van der Waals surface area contributed by atoms with E-state index in [0.717, 1.165) is 6.42 Å². The minimum Gasteiger partial charge on any atom is -0.366 e. The van der Waals surface area contributed by atoms with Gasteiger partial charge in [0.05, 0.1) is 16.6 Å². The van der Waals surface area contributed by atoms with Crippen molar-refractivity contribution in [3.05, 3.63) is 33.9 Å². The molecule has 1 amide bonds. The van der Waals surface area contributed by atoms with Crippen molar-refractivity contribution in [3.8, 4) is 6.07 Å². The number of amides is 1. The Morgan fingerprint density at radius 3 is 2.74 bits per heavy atom. The molecular weight excluding hydrogens is 296 g/mol. The van der Waals surface area contributed by atoms with E-state index in [4.69, 9.17) is 5.26 Å². The van der Waals surface area contributed by atoms with Crippen LogP contribution in [0.4, 0.5) is 11.4 Å². The molecule has 0 spiro atoms. The van der Waals surface area contributed by atoms with Gasteiger partial charge in [-0.15, -0.1) is 0 Å². The average molecular weight is 316 g/mol. The maximum Gasteiger partial charge on any atom is 0.292 e. The lowest BCUT2D eigenvalue weighted by molar-refractivity contribution is -0.384. The number of nitrogens with zero attached hydrogens (tertiary/aromatic N) is 3. The van der Waals surface area contributed by atoms with Crippen LogP contribution in [-0.4, -0.2) is 30.5 Å². The molecule has 1 aromatic carbocycles. The van der Waals surface area contributed by atoms with E-state index in [1.165, 1.54) is 12.1 Å². The van der Waals surface area contributed by atoms with Gasteiger partial charge >= 0.3 is 0 Å². The van der Waals surface area contributed by atoms with Gasteiger partial charge in [-0.25, -0.2) is 0 Å². The zero-order chi connectivity index (χ0) is 16.8. The highest BCUT2D eigenvalue weighted by Gasteiger charge is 2.28. The number of nitriles is 1. The van der Waals surface area contributed by atoms with Crippen molar-refractivity contribution >= 4 is 17.3 Å². The van der Waals surface area contributed by atoms with Crippen LogP contribution in [0.3, 0.4) is 0 Å². The van der Waals surface area contributed by atoms with E-state index in [0.29, 0.717) is 43.7 Å². The predicted molar refractivity (Wildman–Crippen MR) is 86.0 cm³/mol. The molecule has 0 bridgehead atoms. The van der Waals surface area contributed by atoms with Crippen LogP contribution in [0.15, 0.2) is 18.2 Å². The standard InChI is InChI=1S/C16H20N4O3/c1-2-7-18-16(21)13-5-8-19(9-6-13)15-10-12(11-17)3-4-14(15)20(22)23/h3-4,10,13H,2,5-9H2,1H3,(H,18,21). The normalized spacial score (nSPS) is 15.0. The van der Waals surface area contributed by atoms with Gasteiger partial charge in [-0.1, -0.05) is 6.92 Å². The van der Waals surface area contributed by atoms with Crippen LogP contribution < -0.4 is 10.2 Å². The number of hydrogen-bond donors (Lipinski definition) is 1. The number of anilines is 1. The molecule has 122 valence electrons. The second kappa shape index (κ2) is 7.58. The molecule has 1 N–H and O–H groups in total. The van der Waals surface area contributed by atoms with Crippen molar-refractivity contribution < 1.29 is 9.72 Å². The Labute approximate surface area is 135 Å². The second-order valence-corrected chi connectivity index (χ2v) is 5.62. The van der Waals surface area contributed by atoms with Gasteiger partial charge in [0.1, 0.15) is 5.69 Å². The summed E-state index contributed by atoms with van der Waals surface area (Å²) in [5.74, 6) is 0.0165. The van der Waals surface area contributed by atoms with Crippen LogP contribution in [0, 0.1) is 27.4 Å². The molecule has 0 saturated carbocycles. The summed E-state index contributed by atoms with van der Waals surface area (Å²) in [7, 11) is 0. The van der Waals surface area contributed by atoms with Crippen molar-refractivity contribution in [1.29, 1.82) is 5.26 Å². The van der Waals surface area contributed by atoms with Crippen LogP contribution in [0.1, 0.15) is 31.7 Å². The van der Waals surface area contributed by atoms with E-state index < -0.39 is 4.92 Å². The van der Waals surface area contributed by atoms with E-state index >= 15 is 0 Å². The first-order valence-corrected chi connectivity index (χ1v) is 7.78. The van der Waals surface area contributed by atoms with Gasteiger partial charge in [0.15, 0.2) is 0 Å². The maximum absolute atomic E-state index is 12.0. The van der Waals surface area contributed by atoms with Crippen LogP contribution in [0.5, 0.6) is 0 Å². The van der Waals surface area contributed by atoms with Gasteiger partial charge in [0.25, 0.3) is 5.69 Å². The van der Waals surface area contributed by atoms with E-state index in [1.807, 2.05) is 17.9 Å². The fraction of sp³-hybridized carbons (Fsp3) is 0.500. The first-order chi connectivity index (χ1) is 11.1. The molecule has 1 aliphatic rings. The molecule has 1 fully saturated rings. The van der Waals surface area contributed by atoms with Crippen LogP contribution >= 0.6 is 0 Å². The van der Waals surface area contributed by atoms with Gasteiger partial charge in [-0.05, 0) is 31.4 Å². The minimum absolute atomic E-state index is 0.00196. The molecule has 7 nitrogen and oxygen atoms in total. The molecule has 0 radical (unpaired) electrons. The number of benzene rings is 1.